The molecular formula is C23H19N3O3. The van der Waals surface area contributed by atoms with Gasteiger partial charge in [-0.3, -0.25) is 10.1 Å². The molecule has 1 N–H and O–H groups in total. The van der Waals surface area contributed by atoms with Gasteiger partial charge in [-0.2, -0.15) is 0 Å². The first kappa shape index (κ1) is 18.4. The molecule has 1 aromatic heterocycles. The molecule has 1 heterocycles. The highest BCUT2D eigenvalue weighted by molar-refractivity contribution is 6.03. The van der Waals surface area contributed by atoms with Crippen LogP contribution in [0.2, 0.25) is 0 Å². The monoisotopic (exact) mass is 385 g/mol. The van der Waals surface area contributed by atoms with E-state index in [2.05, 4.69) is 15.5 Å². The lowest BCUT2D eigenvalue weighted by Crippen LogP contribution is -2.11. The molecule has 0 aliphatic heterocycles. The van der Waals surface area contributed by atoms with Crippen molar-refractivity contribution in [1.29, 1.82) is 0 Å². The molecule has 3 aromatic carbocycles. The fourth-order valence-electron chi connectivity index (χ4n) is 2.91. The Hall–Kier alpha value is -3.93. The van der Waals surface area contributed by atoms with E-state index in [0.29, 0.717) is 17.9 Å². The van der Waals surface area contributed by atoms with Crippen LogP contribution < -0.4 is 10.1 Å². The number of rotatable bonds is 6. The largest absolute Gasteiger partial charge is 0.497 e. The van der Waals surface area contributed by atoms with Crippen molar-refractivity contribution >= 4 is 11.9 Å². The normalized spacial score (nSPS) is 10.5. The zero-order valence-electron chi connectivity index (χ0n) is 15.8. The molecule has 1 amide bonds. The summed E-state index contributed by atoms with van der Waals surface area (Å²) in [4.78, 5) is 12.4. The topological polar surface area (TPSA) is 77.3 Å². The molecule has 0 saturated heterocycles. The van der Waals surface area contributed by atoms with Crippen molar-refractivity contribution in [3.63, 3.8) is 0 Å². The summed E-state index contributed by atoms with van der Waals surface area (Å²) in [5.41, 5.74) is 3.66. The lowest BCUT2D eigenvalue weighted by Gasteiger charge is -2.04. The van der Waals surface area contributed by atoms with Crippen LogP contribution in [-0.4, -0.2) is 23.2 Å². The molecule has 0 radical (unpaired) electrons. The van der Waals surface area contributed by atoms with E-state index in [1.165, 1.54) is 0 Å². The van der Waals surface area contributed by atoms with Gasteiger partial charge in [0, 0.05) is 5.56 Å². The number of carbonyl (C=O) groups excluding carboxylic acids is 1. The van der Waals surface area contributed by atoms with Crippen molar-refractivity contribution in [2.45, 2.75) is 6.42 Å². The van der Waals surface area contributed by atoms with Crippen LogP contribution in [0.15, 0.2) is 83.3 Å². The third-order valence-corrected chi connectivity index (χ3v) is 4.46. The van der Waals surface area contributed by atoms with Gasteiger partial charge in [0.1, 0.15) is 5.75 Å². The first-order valence-electron chi connectivity index (χ1n) is 9.13. The number of aromatic nitrogens is 2. The number of hydrogen-bond donors (Lipinski definition) is 1. The van der Waals surface area contributed by atoms with Crippen LogP contribution in [0.5, 0.6) is 5.75 Å². The first-order valence-corrected chi connectivity index (χ1v) is 9.13. The SMILES string of the molecule is COc1ccc(Cc2nnc(NC(=O)c3ccc(-c4ccccc4)cc3)o2)cc1. The Bertz CT molecular complexity index is 1090. The third-order valence-electron chi connectivity index (χ3n) is 4.46. The minimum Gasteiger partial charge on any atom is -0.497 e. The predicted octanol–water partition coefficient (Wildman–Crippen LogP) is 4.59. The molecule has 0 aliphatic carbocycles. The number of hydrogen-bond acceptors (Lipinski definition) is 5. The van der Waals surface area contributed by atoms with Crippen LogP contribution in [0.25, 0.3) is 11.1 Å². The summed E-state index contributed by atoms with van der Waals surface area (Å²) in [7, 11) is 1.62. The van der Waals surface area contributed by atoms with Gasteiger partial charge in [-0.05, 0) is 41.0 Å². The minimum atomic E-state index is -0.302. The molecule has 144 valence electrons. The quantitative estimate of drug-likeness (QED) is 0.525. The zero-order valence-corrected chi connectivity index (χ0v) is 15.8. The summed E-state index contributed by atoms with van der Waals surface area (Å²) >= 11 is 0. The fourth-order valence-corrected chi connectivity index (χ4v) is 2.91. The molecule has 4 rings (SSSR count). The van der Waals surface area contributed by atoms with Crippen molar-refractivity contribution in [3.05, 3.63) is 95.9 Å². The summed E-state index contributed by atoms with van der Waals surface area (Å²) in [5.74, 6) is 0.902. The van der Waals surface area contributed by atoms with Crippen molar-refractivity contribution in [2.75, 3.05) is 12.4 Å². The van der Waals surface area contributed by atoms with E-state index >= 15 is 0 Å². The number of nitrogens with zero attached hydrogens (tertiary/aromatic N) is 2. The Morgan fingerprint density at radius 2 is 1.59 bits per heavy atom. The standard InChI is InChI=1S/C23H19N3O3/c1-28-20-13-7-16(8-14-20)15-21-25-26-23(29-21)24-22(27)19-11-9-18(10-12-19)17-5-3-2-4-6-17/h2-14H,15H2,1H3,(H,24,26,27). The molecule has 0 spiro atoms. The van der Waals surface area contributed by atoms with Crippen molar-refractivity contribution in [3.8, 4) is 16.9 Å². The molecule has 0 atom stereocenters. The zero-order chi connectivity index (χ0) is 20.1. The maximum absolute atomic E-state index is 12.4. The molecule has 6 heteroatoms. The molecule has 0 bridgehead atoms. The van der Waals surface area contributed by atoms with Crippen molar-refractivity contribution in [2.24, 2.45) is 0 Å². The van der Waals surface area contributed by atoms with E-state index in [0.717, 1.165) is 22.4 Å². The van der Waals surface area contributed by atoms with Crippen LogP contribution in [-0.2, 0) is 6.42 Å². The molecule has 0 fully saturated rings. The lowest BCUT2D eigenvalue weighted by atomic mass is 10.0. The molecule has 6 nitrogen and oxygen atoms in total. The van der Waals surface area contributed by atoms with E-state index in [1.807, 2.05) is 66.7 Å². The second kappa shape index (κ2) is 8.39. The van der Waals surface area contributed by atoms with Gasteiger partial charge in [0.05, 0.1) is 13.5 Å². The van der Waals surface area contributed by atoms with Gasteiger partial charge < -0.3 is 9.15 Å². The number of methoxy groups -OCH3 is 1. The van der Waals surface area contributed by atoms with Crippen LogP contribution in [0, 0.1) is 0 Å². The fraction of sp³-hybridized carbons (Fsp3) is 0.0870. The summed E-state index contributed by atoms with van der Waals surface area (Å²) < 4.78 is 10.7. The smallest absolute Gasteiger partial charge is 0.322 e. The van der Waals surface area contributed by atoms with E-state index in [9.17, 15) is 4.79 Å². The summed E-state index contributed by atoms with van der Waals surface area (Å²) in [5, 5.41) is 10.5. The highest BCUT2D eigenvalue weighted by atomic mass is 16.5. The highest BCUT2D eigenvalue weighted by Gasteiger charge is 2.12. The number of ether oxygens (including phenoxy) is 1. The molecule has 0 aliphatic rings. The average Bonchev–Trinajstić information content (AvgIpc) is 3.21. The predicted molar refractivity (Wildman–Crippen MR) is 110 cm³/mol. The maximum atomic E-state index is 12.4. The first-order chi connectivity index (χ1) is 14.2. The number of benzene rings is 3. The molecule has 4 aromatic rings. The molecule has 0 unspecified atom stereocenters. The summed E-state index contributed by atoms with van der Waals surface area (Å²) in [6.45, 7) is 0. The molecule has 29 heavy (non-hydrogen) atoms. The minimum absolute atomic E-state index is 0.0747. The Morgan fingerprint density at radius 3 is 2.28 bits per heavy atom. The maximum Gasteiger partial charge on any atom is 0.322 e. The van der Waals surface area contributed by atoms with Crippen molar-refractivity contribution < 1.29 is 13.9 Å². The molecular weight excluding hydrogens is 366 g/mol. The number of anilines is 1. The Labute approximate surface area is 168 Å². The van der Waals surface area contributed by atoms with Crippen LogP contribution >= 0.6 is 0 Å². The number of carbonyl (C=O) groups is 1. The number of nitrogens with one attached hydrogen (secondary N) is 1. The second-order valence-corrected chi connectivity index (χ2v) is 6.42. The Balaban J connectivity index is 1.39. The lowest BCUT2D eigenvalue weighted by molar-refractivity contribution is 0.102. The van der Waals surface area contributed by atoms with E-state index in [1.54, 1.807) is 19.2 Å². The van der Waals surface area contributed by atoms with E-state index in [4.69, 9.17) is 9.15 Å². The van der Waals surface area contributed by atoms with E-state index in [-0.39, 0.29) is 11.9 Å². The Kier molecular flexibility index (Phi) is 5.33. The van der Waals surface area contributed by atoms with Gasteiger partial charge in [0.2, 0.25) is 5.89 Å². The summed E-state index contributed by atoms with van der Waals surface area (Å²) in [6, 6.07) is 25.0. The van der Waals surface area contributed by atoms with Gasteiger partial charge in [-0.25, -0.2) is 0 Å². The van der Waals surface area contributed by atoms with Crippen LogP contribution in [0.4, 0.5) is 6.01 Å². The van der Waals surface area contributed by atoms with Crippen LogP contribution in [0.3, 0.4) is 0 Å². The summed E-state index contributed by atoms with van der Waals surface area (Å²) in [6.07, 6.45) is 0.471. The van der Waals surface area contributed by atoms with E-state index < -0.39 is 0 Å². The average molecular weight is 385 g/mol. The van der Waals surface area contributed by atoms with Crippen LogP contribution in [0.1, 0.15) is 21.8 Å². The molecule has 0 saturated carbocycles. The number of amides is 1. The van der Waals surface area contributed by atoms with Gasteiger partial charge in [0.15, 0.2) is 0 Å². The van der Waals surface area contributed by atoms with Gasteiger partial charge >= 0.3 is 6.01 Å². The second-order valence-electron chi connectivity index (χ2n) is 6.42. The van der Waals surface area contributed by atoms with Gasteiger partial charge in [-0.1, -0.05) is 59.7 Å². The third kappa shape index (κ3) is 4.50. The highest BCUT2D eigenvalue weighted by Crippen LogP contribution is 2.20. The van der Waals surface area contributed by atoms with Crippen molar-refractivity contribution in [1.82, 2.24) is 10.2 Å². The Morgan fingerprint density at radius 1 is 0.897 bits per heavy atom. The van der Waals surface area contributed by atoms with Gasteiger partial charge in [0.25, 0.3) is 5.91 Å². The van der Waals surface area contributed by atoms with Gasteiger partial charge in [-0.15, -0.1) is 5.10 Å².